The number of benzene rings is 6. The van der Waals surface area contributed by atoms with Crippen molar-refractivity contribution in [2.45, 2.75) is 43.9 Å². The van der Waals surface area contributed by atoms with E-state index in [1.54, 1.807) is 39.0 Å². The van der Waals surface area contributed by atoms with Gasteiger partial charge in [0.15, 0.2) is 44.8 Å². The Morgan fingerprint density at radius 3 is 1.70 bits per heavy atom. The van der Waals surface area contributed by atoms with Crippen molar-refractivity contribution in [3.05, 3.63) is 232 Å². The van der Waals surface area contributed by atoms with E-state index in [4.69, 9.17) is 52.1 Å². The lowest BCUT2D eigenvalue weighted by atomic mass is 9.95. The predicted octanol–water partition coefficient (Wildman–Crippen LogP) is 12.7. The van der Waals surface area contributed by atoms with Crippen molar-refractivity contribution >= 4 is 98.9 Å². The topological polar surface area (TPSA) is 260 Å². The highest BCUT2D eigenvalue weighted by atomic mass is 35.5. The minimum atomic E-state index is -1.26. The zero-order valence-electron chi connectivity index (χ0n) is 56.0. The second kappa shape index (κ2) is 31.3. The number of ether oxygens (including phenoxy) is 4. The average Bonchev–Trinajstić information content (AvgIpc) is 1.27. The van der Waals surface area contributed by atoms with E-state index in [0.29, 0.717) is 89.2 Å². The Balaban J connectivity index is 0.000000186. The Labute approximate surface area is 615 Å². The number of fused-ring (bicyclic) bond motifs is 2. The second-order valence-electron chi connectivity index (χ2n) is 24.8. The number of carbonyl (C=O) groups excluding carboxylic acids is 4. The van der Waals surface area contributed by atoms with E-state index in [0.717, 1.165) is 48.7 Å². The molecule has 2 aromatic heterocycles. The lowest BCUT2D eigenvalue weighted by molar-refractivity contribution is -0.137. The fraction of sp³-hybridized carbons (Fsp3) is 0.260. The van der Waals surface area contributed by atoms with Gasteiger partial charge in [0.2, 0.25) is 0 Å². The molecular weight excluding hydrogens is 1450 g/mol. The van der Waals surface area contributed by atoms with Crippen LogP contribution in [-0.4, -0.2) is 168 Å². The molecule has 540 valence electrons. The van der Waals surface area contributed by atoms with Gasteiger partial charge in [-0.25, -0.2) is 55.9 Å². The maximum absolute atomic E-state index is 14.9. The number of urea groups is 2. The van der Waals surface area contributed by atoms with Crippen molar-refractivity contribution in [2.24, 2.45) is 9.98 Å². The van der Waals surface area contributed by atoms with Crippen LogP contribution in [0.25, 0.3) is 0 Å². The van der Waals surface area contributed by atoms with Crippen LogP contribution < -0.4 is 29.9 Å². The number of nitriles is 1. The number of methoxy groups -OCH3 is 2. The number of nitrogens with one attached hydrogen (secondary N) is 2. The highest BCUT2D eigenvalue weighted by Crippen LogP contribution is 2.42. The number of carboxylic acid groups (broad SMARTS) is 1. The van der Waals surface area contributed by atoms with E-state index in [-0.39, 0.29) is 111 Å². The average molecular weight is 1510 g/mol. The van der Waals surface area contributed by atoms with Gasteiger partial charge >= 0.3 is 30.0 Å². The Morgan fingerprint density at radius 2 is 1.18 bits per heavy atom. The third-order valence-electron chi connectivity index (χ3n) is 18.2. The van der Waals surface area contributed by atoms with Crippen LogP contribution in [-0.2, 0) is 25.5 Å². The van der Waals surface area contributed by atoms with E-state index >= 15 is 0 Å². The molecule has 0 radical (unpaired) electrons. The maximum atomic E-state index is 14.9. The molecule has 14 rings (SSSR count). The number of aryl methyl sites for hydroxylation is 1. The molecule has 6 aliphatic heterocycles. The molecule has 0 bridgehead atoms. The van der Waals surface area contributed by atoms with E-state index in [1.165, 1.54) is 119 Å². The van der Waals surface area contributed by atoms with E-state index in [2.05, 4.69) is 36.5 Å². The number of esters is 2. The number of amidine groups is 2. The van der Waals surface area contributed by atoms with Crippen LogP contribution in [0.15, 0.2) is 165 Å². The summed E-state index contributed by atoms with van der Waals surface area (Å²) in [5.41, 5.74) is 3.63. The SMILES string of the molecule is CCCc1ccc(Oc2cc(F)cc(N3C[C@@H]4CN(CC5=C(C(=O)OC)[C@H](c6ccc(F)cc6Cl)N=C(c6nccs6)N5)CCN4C3=O)c2)c(F)c1.COC(=O)C1=C(CN2CCN3C(=O)N(c4ccc(Oc5cc(C(=O)O)ccc5F)cc4C#N)C[C@@H]3C2)NC(c2nccs2)=N[C@H]1c1ccc(F)cc1Cl. The van der Waals surface area contributed by atoms with Gasteiger partial charge in [-0.15, -0.1) is 22.7 Å². The molecule has 4 fully saturated rings. The summed E-state index contributed by atoms with van der Waals surface area (Å²) in [6, 6.07) is 23.0. The normalized spacial score (nSPS) is 18.8. The Hall–Kier alpha value is -10.8. The van der Waals surface area contributed by atoms with Gasteiger partial charge in [0.1, 0.15) is 47.1 Å². The van der Waals surface area contributed by atoms with Gasteiger partial charge in [0.05, 0.1) is 60.0 Å². The number of amides is 4. The first-order valence-corrected chi connectivity index (χ1v) is 35.3. The van der Waals surface area contributed by atoms with Gasteiger partial charge in [-0.2, -0.15) is 5.26 Å². The van der Waals surface area contributed by atoms with Crippen molar-refractivity contribution in [3.8, 4) is 29.1 Å². The maximum Gasteiger partial charge on any atom is 0.338 e. The number of aromatic carboxylic acids is 1. The fourth-order valence-electron chi connectivity index (χ4n) is 13.3. The van der Waals surface area contributed by atoms with Crippen LogP contribution in [0, 0.1) is 40.4 Å². The minimum absolute atomic E-state index is 0.0406. The third-order valence-corrected chi connectivity index (χ3v) is 20.4. The fourth-order valence-corrected chi connectivity index (χ4v) is 15.1. The van der Waals surface area contributed by atoms with Gasteiger partial charge in [0.25, 0.3) is 0 Å². The van der Waals surface area contributed by atoms with Crippen molar-refractivity contribution in [1.82, 2.24) is 40.2 Å². The van der Waals surface area contributed by atoms with Crippen LogP contribution in [0.2, 0.25) is 10.0 Å². The molecule has 23 nitrogen and oxygen atoms in total. The molecule has 32 heteroatoms. The zero-order valence-corrected chi connectivity index (χ0v) is 59.1. The minimum Gasteiger partial charge on any atom is -0.478 e. The number of nitrogens with zero attached hydrogens (tertiary/aromatic N) is 11. The molecule has 0 unspecified atom stereocenters. The van der Waals surface area contributed by atoms with E-state index in [9.17, 15) is 56.3 Å². The molecule has 0 saturated carbocycles. The molecule has 6 aliphatic rings. The number of hydrogen-bond donors (Lipinski definition) is 3. The molecular formula is C73H62Cl2F5N13O10S2. The molecule has 6 aromatic carbocycles. The first-order valence-electron chi connectivity index (χ1n) is 32.8. The number of piperazine rings is 2. The molecule has 4 saturated heterocycles. The summed E-state index contributed by atoms with van der Waals surface area (Å²) in [6.45, 7) is 5.47. The summed E-state index contributed by atoms with van der Waals surface area (Å²) in [7, 11) is 2.54. The van der Waals surface area contributed by atoms with Crippen LogP contribution in [0.4, 0.5) is 42.9 Å². The zero-order chi connectivity index (χ0) is 73.9. The summed E-state index contributed by atoms with van der Waals surface area (Å²) >= 11 is 15.7. The molecule has 4 atom stereocenters. The number of aromatic nitrogens is 2. The largest absolute Gasteiger partial charge is 0.478 e. The summed E-state index contributed by atoms with van der Waals surface area (Å²) in [6.07, 6.45) is 4.86. The standard InChI is InChI=1S/C37H34ClF3N6O4S.C36H28ClF2N7O6S/c1-3-4-21-5-8-31(29(41)13-21)51-26-15-23(40)14-24(17-26)47-19-25-18-45(10-11-46(25)37(47)49)20-30-32(36(48)50-2)33(27-7-6-22(39)16-28(27)38)44-34(43-30)35-42-9-12-52-35;1-51-35(49)30-27(42-32(33-41-8-11-53-33)43-31(30)24-5-3-21(38)14-25(24)37)18-44-9-10-45-22(16-44)17-46(36(45)50)28-7-4-23(12-20(28)15-40)52-29-13-19(34(47)48)2-6-26(29)39/h5-9,12-17,25,33H,3-4,10-11,18-20H2,1-2H3,(H,43,44);2-8,11-14,22,31H,9-10,16-18H2,1H3,(H,42,43)(H,47,48)/t25-,33-;22-,31-/m00/s1. The molecule has 3 N–H and O–H groups in total. The van der Waals surface area contributed by atoms with Crippen molar-refractivity contribution in [2.75, 3.05) is 89.5 Å². The molecule has 0 aliphatic carbocycles. The molecule has 105 heavy (non-hydrogen) atoms. The summed E-state index contributed by atoms with van der Waals surface area (Å²) in [5, 5.41) is 30.8. The predicted molar refractivity (Wildman–Crippen MR) is 381 cm³/mol. The summed E-state index contributed by atoms with van der Waals surface area (Å²) in [5.74, 6) is -4.96. The summed E-state index contributed by atoms with van der Waals surface area (Å²) in [4.78, 5) is 94.4. The van der Waals surface area contributed by atoms with E-state index in [1.807, 2.05) is 6.92 Å². The van der Waals surface area contributed by atoms with Crippen molar-refractivity contribution < 1.29 is 70.0 Å². The van der Waals surface area contributed by atoms with Gasteiger partial charge in [-0.3, -0.25) is 29.6 Å². The van der Waals surface area contributed by atoms with Gasteiger partial charge in [0, 0.05) is 139 Å². The van der Waals surface area contributed by atoms with Crippen molar-refractivity contribution in [1.29, 1.82) is 5.26 Å². The van der Waals surface area contributed by atoms with Crippen LogP contribution >= 0.6 is 45.9 Å². The number of carbonyl (C=O) groups is 5. The Kier molecular flexibility index (Phi) is 21.6. The Morgan fingerprint density at radius 1 is 0.619 bits per heavy atom. The van der Waals surface area contributed by atoms with Gasteiger partial charge in [-0.05, 0) is 84.8 Å². The number of rotatable bonds is 19. The molecule has 8 heterocycles. The van der Waals surface area contributed by atoms with Crippen LogP contribution in [0.5, 0.6) is 23.0 Å². The number of carboxylic acids is 1. The summed E-state index contributed by atoms with van der Waals surface area (Å²) < 4.78 is 93.9. The monoisotopic (exact) mass is 1510 g/mol. The number of halogens is 7. The first kappa shape index (κ1) is 72.5. The smallest absolute Gasteiger partial charge is 0.338 e. The van der Waals surface area contributed by atoms with Crippen LogP contribution in [0.1, 0.15) is 68.1 Å². The molecule has 0 spiro atoms. The number of anilines is 2. The second-order valence-corrected chi connectivity index (χ2v) is 27.4. The lowest BCUT2D eigenvalue weighted by Crippen LogP contribution is -2.53. The highest BCUT2D eigenvalue weighted by Gasteiger charge is 2.45. The van der Waals surface area contributed by atoms with Gasteiger partial charge in [-0.1, -0.05) is 54.7 Å². The number of aliphatic imine (C=N–C) groups is 2. The third kappa shape index (κ3) is 15.6. The quantitative estimate of drug-likeness (QED) is 0.0502. The highest BCUT2D eigenvalue weighted by molar-refractivity contribution is 7.12. The first-order chi connectivity index (χ1) is 50.6. The number of hydrogen-bond acceptors (Lipinski definition) is 20. The van der Waals surface area contributed by atoms with E-state index < -0.39 is 59.1 Å². The molecule has 4 amide bonds. The van der Waals surface area contributed by atoms with Crippen molar-refractivity contribution in [3.63, 3.8) is 0 Å². The van der Waals surface area contributed by atoms with Crippen LogP contribution in [0.3, 0.4) is 0 Å². The number of thiazole rings is 2. The molecule has 8 aromatic rings. The lowest BCUT2D eigenvalue weighted by Gasteiger charge is -2.38. The Bertz CT molecular complexity index is 4930. The van der Waals surface area contributed by atoms with Gasteiger partial charge < -0.3 is 44.5 Å².